The Morgan fingerprint density at radius 2 is 1.24 bits per heavy atom. The van der Waals surface area contributed by atoms with Crippen molar-refractivity contribution in [3.8, 4) is 11.1 Å². The molecule has 0 saturated heterocycles. The van der Waals surface area contributed by atoms with Gasteiger partial charge in [0.25, 0.3) is 0 Å². The third-order valence-corrected chi connectivity index (χ3v) is 16.2. The van der Waals surface area contributed by atoms with Crippen molar-refractivity contribution in [1.29, 1.82) is 0 Å². The number of nitrogens with one attached hydrogen (secondary N) is 2. The first-order valence-corrected chi connectivity index (χ1v) is 18.1. The molecule has 2 N–H and O–H groups in total. The number of hydrogen-bond donors (Lipinski definition) is 2. The van der Waals surface area contributed by atoms with E-state index in [0.717, 1.165) is 38.3 Å². The van der Waals surface area contributed by atoms with Crippen molar-refractivity contribution >= 4 is 54.2 Å². The zero-order valence-electron chi connectivity index (χ0n) is 22.4. The molecule has 5 nitrogen and oxygen atoms in total. The number of aromatic amines is 1. The molecule has 0 amide bonds. The summed E-state index contributed by atoms with van der Waals surface area (Å²) in [6.07, 6.45) is 0.472. The van der Waals surface area contributed by atoms with E-state index >= 15 is 0 Å². The van der Waals surface area contributed by atoms with Gasteiger partial charge in [-0.25, -0.2) is 0 Å². The SMILES string of the molecule is CNS(=O)(=O)c1ccccc1-c1ccc2nc(CP(Cl)(c3ccccc3)(c3ccccc3)c3ccccc3)[nH]c2c1. The van der Waals surface area contributed by atoms with Gasteiger partial charge in [0.1, 0.15) is 0 Å². The number of rotatable bonds is 8. The van der Waals surface area contributed by atoms with E-state index < -0.39 is 16.0 Å². The summed E-state index contributed by atoms with van der Waals surface area (Å²) < 4.78 is 27.9. The van der Waals surface area contributed by atoms with Gasteiger partial charge in [-0.15, -0.1) is 0 Å². The van der Waals surface area contributed by atoms with Crippen LogP contribution >= 0.6 is 17.2 Å². The van der Waals surface area contributed by atoms with Crippen LogP contribution in [0.4, 0.5) is 0 Å². The number of aromatic nitrogens is 2. The van der Waals surface area contributed by atoms with Gasteiger partial charge in [0.2, 0.25) is 0 Å². The Hall–Kier alpha value is -3.80. The molecule has 0 aliphatic heterocycles. The van der Waals surface area contributed by atoms with E-state index in [-0.39, 0.29) is 4.90 Å². The third-order valence-electron chi connectivity index (χ3n) is 7.62. The Balaban J connectivity index is 1.54. The van der Waals surface area contributed by atoms with Crippen molar-refractivity contribution in [1.82, 2.24) is 14.7 Å². The van der Waals surface area contributed by atoms with Crippen LogP contribution in [0.5, 0.6) is 0 Å². The van der Waals surface area contributed by atoms with Gasteiger partial charge in [0.15, 0.2) is 0 Å². The molecule has 0 unspecified atom stereocenters. The van der Waals surface area contributed by atoms with Crippen LogP contribution < -0.4 is 20.6 Å². The maximum atomic E-state index is 12.7. The Labute approximate surface area is 245 Å². The number of benzene rings is 5. The van der Waals surface area contributed by atoms with Crippen LogP contribution in [0.15, 0.2) is 138 Å². The number of hydrogen-bond acceptors (Lipinski definition) is 3. The first-order chi connectivity index (χ1) is 19.8. The van der Waals surface area contributed by atoms with E-state index in [1.54, 1.807) is 12.1 Å². The van der Waals surface area contributed by atoms with Gasteiger partial charge < -0.3 is 0 Å². The normalized spacial score (nSPS) is 13.1. The predicted molar refractivity (Wildman–Crippen MR) is 172 cm³/mol. The molecular formula is C33H29ClN3O2PS. The van der Waals surface area contributed by atoms with Crippen LogP contribution in [0.1, 0.15) is 5.82 Å². The van der Waals surface area contributed by atoms with Gasteiger partial charge in [-0.05, 0) is 0 Å². The minimum atomic E-state index is -3.64. The quantitative estimate of drug-likeness (QED) is 0.202. The molecule has 6 aromatic rings. The standard InChI is InChI=1S/C33H29ClN3O2PS/c1-35-41(38,39)32-20-12-11-19-29(32)25-21-22-30-31(23-25)37-33(36-30)24-40(34,26-13-5-2-6-14-26,27-15-7-3-8-16-27)28-17-9-4-10-18-28/h2-23,35H,24H2,1H3,(H,36,37). The van der Waals surface area contributed by atoms with E-state index in [0.29, 0.717) is 11.7 Å². The van der Waals surface area contributed by atoms with Crippen molar-refractivity contribution in [3.63, 3.8) is 0 Å². The van der Waals surface area contributed by atoms with E-state index in [4.69, 9.17) is 16.2 Å². The van der Waals surface area contributed by atoms with E-state index in [1.807, 2.05) is 84.9 Å². The van der Waals surface area contributed by atoms with E-state index in [2.05, 4.69) is 46.1 Å². The molecule has 0 radical (unpaired) electrons. The van der Waals surface area contributed by atoms with Crippen LogP contribution in [0.25, 0.3) is 22.2 Å². The summed E-state index contributed by atoms with van der Waals surface area (Å²) in [4.78, 5) is 8.77. The number of sulfonamides is 1. The summed E-state index contributed by atoms with van der Waals surface area (Å²) in [5.74, 6) is -2.81. The number of fused-ring (bicyclic) bond motifs is 1. The summed E-state index contributed by atoms with van der Waals surface area (Å²) in [6, 6.07) is 43.7. The van der Waals surface area contributed by atoms with Gasteiger partial charge in [-0.2, -0.15) is 0 Å². The fourth-order valence-electron chi connectivity index (χ4n) is 5.57. The second-order valence-corrected chi connectivity index (χ2v) is 18.3. The second-order valence-electron chi connectivity index (χ2n) is 9.97. The van der Waals surface area contributed by atoms with Crippen LogP contribution in [0.2, 0.25) is 0 Å². The van der Waals surface area contributed by atoms with E-state index in [1.165, 1.54) is 7.05 Å². The zero-order valence-corrected chi connectivity index (χ0v) is 24.9. The van der Waals surface area contributed by atoms with Crippen molar-refractivity contribution in [2.75, 3.05) is 7.05 Å². The van der Waals surface area contributed by atoms with Gasteiger partial charge in [0.05, 0.1) is 0 Å². The van der Waals surface area contributed by atoms with E-state index in [9.17, 15) is 8.42 Å². The third kappa shape index (κ3) is 4.67. The average Bonchev–Trinajstić information content (AvgIpc) is 3.43. The molecule has 0 aliphatic carbocycles. The molecule has 8 heteroatoms. The molecule has 0 atom stereocenters. The Morgan fingerprint density at radius 1 is 0.732 bits per heavy atom. The summed E-state index contributed by atoms with van der Waals surface area (Å²) in [6.45, 7) is 0. The van der Waals surface area contributed by atoms with Crippen molar-refractivity contribution in [3.05, 3.63) is 139 Å². The second kappa shape index (κ2) is 10.6. The first kappa shape index (κ1) is 27.4. The van der Waals surface area contributed by atoms with Crippen molar-refractivity contribution in [2.24, 2.45) is 0 Å². The van der Waals surface area contributed by atoms with Crippen LogP contribution in [0.3, 0.4) is 0 Å². The topological polar surface area (TPSA) is 74.8 Å². The van der Waals surface area contributed by atoms with Crippen molar-refractivity contribution in [2.45, 2.75) is 11.1 Å². The monoisotopic (exact) mass is 597 g/mol. The Morgan fingerprint density at radius 3 is 1.78 bits per heavy atom. The average molecular weight is 598 g/mol. The predicted octanol–water partition coefficient (Wildman–Crippen LogP) is 6.32. The number of imidazole rings is 1. The summed E-state index contributed by atoms with van der Waals surface area (Å²) in [5, 5.41) is 3.18. The molecule has 0 saturated carbocycles. The molecule has 41 heavy (non-hydrogen) atoms. The van der Waals surface area contributed by atoms with Crippen molar-refractivity contribution < 1.29 is 8.42 Å². The van der Waals surface area contributed by atoms with Gasteiger partial charge in [-0.3, -0.25) is 0 Å². The Kier molecular flexibility index (Phi) is 7.04. The van der Waals surface area contributed by atoms with Crippen LogP contribution in [-0.2, 0) is 16.2 Å². The molecule has 1 aromatic heterocycles. The molecule has 1 heterocycles. The maximum absolute atomic E-state index is 12.7. The fourth-order valence-corrected chi connectivity index (χ4v) is 12.4. The fraction of sp³-hybridized carbons (Fsp3) is 0.0606. The molecule has 0 bridgehead atoms. The molecule has 0 aliphatic rings. The molecule has 6 rings (SSSR count). The van der Waals surface area contributed by atoms with Crippen LogP contribution in [0, 0.1) is 0 Å². The van der Waals surface area contributed by atoms with Gasteiger partial charge in [0, 0.05) is 0 Å². The minimum absolute atomic E-state index is 0.226. The molecular weight excluding hydrogens is 569 g/mol. The molecule has 5 aromatic carbocycles. The summed E-state index contributed by atoms with van der Waals surface area (Å²) >= 11 is 8.25. The summed E-state index contributed by atoms with van der Waals surface area (Å²) in [7, 11) is -2.22. The number of nitrogens with zero attached hydrogens (tertiary/aromatic N) is 1. The molecule has 206 valence electrons. The Bertz CT molecular complexity index is 1850. The number of H-pyrrole nitrogens is 1. The number of halogens is 1. The van der Waals surface area contributed by atoms with Gasteiger partial charge in [-0.1, -0.05) is 0 Å². The van der Waals surface area contributed by atoms with Crippen LogP contribution in [-0.4, -0.2) is 25.4 Å². The zero-order chi connectivity index (χ0) is 28.5. The first-order valence-electron chi connectivity index (χ1n) is 13.2. The molecule has 0 fully saturated rings. The van der Waals surface area contributed by atoms with Gasteiger partial charge >= 0.3 is 246 Å². The molecule has 0 spiro atoms. The summed E-state index contributed by atoms with van der Waals surface area (Å²) in [5.41, 5.74) is 2.99.